The molecule has 2 aromatic rings. The molecule has 24 heavy (non-hydrogen) atoms. The van der Waals surface area contributed by atoms with E-state index in [0.717, 1.165) is 31.4 Å². The van der Waals surface area contributed by atoms with Gasteiger partial charge in [-0.1, -0.05) is 0 Å². The van der Waals surface area contributed by atoms with Crippen molar-refractivity contribution < 1.29 is 14.0 Å². The standard InChI is InChI=1S/C17H20N4O3/c22-16(14-9-13(19-20-14)11-5-6-11)18-12-3-1-7-21(10-12)17(23)15-4-2-8-24-15/h2,4,8-9,11-12H,1,3,5-7,10H2,(H,18,22)(H,19,20)/t12-/m0/s1. The molecule has 7 heteroatoms. The first kappa shape index (κ1) is 15.0. The summed E-state index contributed by atoms with van der Waals surface area (Å²) in [5.74, 6) is 0.559. The first-order valence-corrected chi connectivity index (χ1v) is 8.39. The Bertz CT molecular complexity index is 733. The average molecular weight is 328 g/mol. The summed E-state index contributed by atoms with van der Waals surface area (Å²) < 4.78 is 5.17. The number of rotatable bonds is 4. The zero-order chi connectivity index (χ0) is 16.5. The molecule has 2 amide bonds. The molecule has 7 nitrogen and oxygen atoms in total. The molecule has 4 rings (SSSR count). The second kappa shape index (κ2) is 6.14. The van der Waals surface area contributed by atoms with Crippen molar-refractivity contribution in [1.29, 1.82) is 0 Å². The number of hydrogen-bond acceptors (Lipinski definition) is 4. The van der Waals surface area contributed by atoms with Crippen molar-refractivity contribution >= 4 is 11.8 Å². The molecule has 1 saturated carbocycles. The van der Waals surface area contributed by atoms with Crippen LogP contribution in [-0.2, 0) is 0 Å². The average Bonchev–Trinajstić information content (AvgIpc) is 3.11. The van der Waals surface area contributed by atoms with Crippen LogP contribution in [0.3, 0.4) is 0 Å². The lowest BCUT2D eigenvalue weighted by atomic mass is 10.1. The molecule has 2 fully saturated rings. The number of nitrogens with zero attached hydrogens (tertiary/aromatic N) is 2. The van der Waals surface area contributed by atoms with Gasteiger partial charge in [0, 0.05) is 30.7 Å². The fourth-order valence-electron chi connectivity index (χ4n) is 3.15. The van der Waals surface area contributed by atoms with Gasteiger partial charge in [-0.3, -0.25) is 14.7 Å². The molecule has 0 spiro atoms. The van der Waals surface area contributed by atoms with E-state index in [4.69, 9.17) is 4.42 Å². The summed E-state index contributed by atoms with van der Waals surface area (Å²) in [4.78, 5) is 26.4. The number of carbonyl (C=O) groups excluding carboxylic acids is 2. The van der Waals surface area contributed by atoms with E-state index in [1.807, 2.05) is 6.07 Å². The maximum Gasteiger partial charge on any atom is 0.289 e. The Balaban J connectivity index is 1.37. The third kappa shape index (κ3) is 3.06. The minimum atomic E-state index is -0.185. The third-order valence-corrected chi connectivity index (χ3v) is 4.62. The Hall–Kier alpha value is -2.57. The van der Waals surface area contributed by atoms with Gasteiger partial charge < -0.3 is 14.6 Å². The van der Waals surface area contributed by atoms with E-state index < -0.39 is 0 Å². The molecular weight excluding hydrogens is 308 g/mol. The molecule has 126 valence electrons. The van der Waals surface area contributed by atoms with Crippen LogP contribution in [0.2, 0.25) is 0 Å². The van der Waals surface area contributed by atoms with Crippen molar-refractivity contribution in [2.45, 2.75) is 37.6 Å². The summed E-state index contributed by atoms with van der Waals surface area (Å²) >= 11 is 0. The Kier molecular flexibility index (Phi) is 3.84. The van der Waals surface area contributed by atoms with Crippen LogP contribution in [0.25, 0.3) is 0 Å². The molecule has 0 radical (unpaired) electrons. The van der Waals surface area contributed by atoms with Crippen LogP contribution in [0, 0.1) is 0 Å². The summed E-state index contributed by atoms with van der Waals surface area (Å²) in [6.45, 7) is 1.17. The molecule has 1 aliphatic carbocycles. The molecule has 2 N–H and O–H groups in total. The Labute approximate surface area is 139 Å². The van der Waals surface area contributed by atoms with Gasteiger partial charge in [0.2, 0.25) is 0 Å². The van der Waals surface area contributed by atoms with Gasteiger partial charge in [0.05, 0.1) is 6.26 Å². The van der Waals surface area contributed by atoms with E-state index in [1.54, 1.807) is 17.0 Å². The maximum absolute atomic E-state index is 12.4. The van der Waals surface area contributed by atoms with Gasteiger partial charge in [-0.25, -0.2) is 0 Å². The van der Waals surface area contributed by atoms with E-state index >= 15 is 0 Å². The van der Waals surface area contributed by atoms with Crippen LogP contribution < -0.4 is 5.32 Å². The van der Waals surface area contributed by atoms with E-state index in [0.29, 0.717) is 30.5 Å². The quantitative estimate of drug-likeness (QED) is 0.897. The molecule has 0 bridgehead atoms. The molecule has 2 aromatic heterocycles. The third-order valence-electron chi connectivity index (χ3n) is 4.62. The van der Waals surface area contributed by atoms with E-state index in [1.165, 1.54) is 6.26 Å². The van der Waals surface area contributed by atoms with Gasteiger partial charge in [0.15, 0.2) is 5.76 Å². The second-order valence-corrected chi connectivity index (χ2v) is 6.52. The smallest absolute Gasteiger partial charge is 0.289 e. The molecule has 2 aliphatic rings. The molecule has 0 unspecified atom stereocenters. The van der Waals surface area contributed by atoms with Gasteiger partial charge in [-0.2, -0.15) is 5.10 Å². The number of hydrogen-bond donors (Lipinski definition) is 2. The second-order valence-electron chi connectivity index (χ2n) is 6.52. The number of furan rings is 1. The predicted octanol–water partition coefficient (Wildman–Crippen LogP) is 1.91. The van der Waals surface area contributed by atoms with Crippen molar-refractivity contribution in [1.82, 2.24) is 20.4 Å². The highest BCUT2D eigenvalue weighted by molar-refractivity contribution is 5.93. The van der Waals surface area contributed by atoms with E-state index in [2.05, 4.69) is 15.5 Å². The number of aromatic amines is 1. The SMILES string of the molecule is O=C(N[C@H]1CCCN(C(=O)c2ccco2)C1)c1cc(C2CC2)[nH]n1. The molecule has 1 aliphatic heterocycles. The summed E-state index contributed by atoms with van der Waals surface area (Å²) in [6.07, 6.45) is 5.52. The molecule has 0 aromatic carbocycles. The number of carbonyl (C=O) groups is 2. The van der Waals surface area contributed by atoms with Gasteiger partial charge in [-0.05, 0) is 43.9 Å². The van der Waals surface area contributed by atoms with Crippen LogP contribution >= 0.6 is 0 Å². The van der Waals surface area contributed by atoms with E-state index in [9.17, 15) is 9.59 Å². The largest absolute Gasteiger partial charge is 0.459 e. The van der Waals surface area contributed by atoms with Crippen molar-refractivity contribution in [2.24, 2.45) is 0 Å². The Morgan fingerprint density at radius 1 is 1.33 bits per heavy atom. The summed E-state index contributed by atoms with van der Waals surface area (Å²) in [5, 5.41) is 10.0. The van der Waals surface area contributed by atoms with Gasteiger partial charge in [0.1, 0.15) is 5.69 Å². The summed E-state index contributed by atoms with van der Waals surface area (Å²) in [5.41, 5.74) is 1.46. The maximum atomic E-state index is 12.4. The highest BCUT2D eigenvalue weighted by atomic mass is 16.3. The lowest BCUT2D eigenvalue weighted by molar-refractivity contribution is 0.0646. The number of likely N-dealkylation sites (tertiary alicyclic amines) is 1. The van der Waals surface area contributed by atoms with Crippen LogP contribution in [-0.4, -0.2) is 46.0 Å². The highest BCUT2D eigenvalue weighted by Crippen LogP contribution is 2.38. The normalized spacial score (nSPS) is 20.8. The lowest BCUT2D eigenvalue weighted by Crippen LogP contribution is -2.49. The Morgan fingerprint density at radius 3 is 2.96 bits per heavy atom. The van der Waals surface area contributed by atoms with Crippen LogP contribution in [0.4, 0.5) is 0 Å². The number of nitrogens with one attached hydrogen (secondary N) is 2. The fourth-order valence-corrected chi connectivity index (χ4v) is 3.15. The zero-order valence-electron chi connectivity index (χ0n) is 13.3. The first-order chi connectivity index (χ1) is 11.7. The van der Waals surface area contributed by atoms with E-state index in [-0.39, 0.29) is 17.9 Å². The minimum absolute atomic E-state index is 0.0637. The van der Waals surface area contributed by atoms with Gasteiger partial charge >= 0.3 is 0 Å². The predicted molar refractivity (Wildman–Crippen MR) is 85.7 cm³/mol. The number of aromatic nitrogens is 2. The van der Waals surface area contributed by atoms with Gasteiger partial charge in [0.25, 0.3) is 11.8 Å². The monoisotopic (exact) mass is 328 g/mol. The highest BCUT2D eigenvalue weighted by Gasteiger charge is 2.29. The minimum Gasteiger partial charge on any atom is -0.459 e. The van der Waals surface area contributed by atoms with Crippen molar-refractivity contribution in [3.8, 4) is 0 Å². The van der Waals surface area contributed by atoms with Crippen molar-refractivity contribution in [3.63, 3.8) is 0 Å². The van der Waals surface area contributed by atoms with Crippen molar-refractivity contribution in [2.75, 3.05) is 13.1 Å². The summed E-state index contributed by atoms with van der Waals surface area (Å²) in [7, 11) is 0. The summed E-state index contributed by atoms with van der Waals surface area (Å²) in [6, 6.07) is 5.13. The molecule has 1 saturated heterocycles. The lowest BCUT2D eigenvalue weighted by Gasteiger charge is -2.32. The first-order valence-electron chi connectivity index (χ1n) is 8.39. The Morgan fingerprint density at radius 2 is 2.21 bits per heavy atom. The van der Waals surface area contributed by atoms with Gasteiger partial charge in [-0.15, -0.1) is 0 Å². The topological polar surface area (TPSA) is 91.2 Å². The number of amides is 2. The number of piperidine rings is 1. The molecular formula is C17H20N4O3. The fraction of sp³-hybridized carbons (Fsp3) is 0.471. The van der Waals surface area contributed by atoms with Crippen LogP contribution in [0.5, 0.6) is 0 Å². The van der Waals surface area contributed by atoms with Crippen LogP contribution in [0.15, 0.2) is 28.9 Å². The molecule has 3 heterocycles. The van der Waals surface area contributed by atoms with Crippen LogP contribution in [0.1, 0.15) is 58.3 Å². The molecule has 1 atom stereocenters. The zero-order valence-corrected chi connectivity index (χ0v) is 13.3. The van der Waals surface area contributed by atoms with Crippen molar-refractivity contribution in [3.05, 3.63) is 41.6 Å². The number of H-pyrrole nitrogens is 1.